The quantitative estimate of drug-likeness (QED) is 0.618. The average Bonchev–Trinajstić information content (AvgIpc) is 2.08. The van der Waals surface area contributed by atoms with E-state index in [9.17, 15) is 35.9 Å². The molecule has 4 nitrogen and oxygen atoms in total. The van der Waals surface area contributed by atoms with E-state index in [0.717, 1.165) is 20.8 Å². The number of halogens is 6. The van der Waals surface area contributed by atoms with Crippen molar-refractivity contribution >= 4 is 11.9 Å². The molecule has 0 unspecified atom stereocenters. The number of carboxylic acid groups (broad SMARTS) is 2. The summed E-state index contributed by atoms with van der Waals surface area (Å²) in [4.78, 5) is 21.9. The lowest BCUT2D eigenvalue weighted by Crippen LogP contribution is -2.42. The van der Waals surface area contributed by atoms with Crippen molar-refractivity contribution in [2.45, 2.75) is 33.1 Å². The first-order valence-corrected chi connectivity index (χ1v) is 5.36. The second-order valence-electron chi connectivity index (χ2n) is 5.17. The zero-order valence-corrected chi connectivity index (χ0v) is 11.1. The first-order chi connectivity index (χ1) is 9.01. The van der Waals surface area contributed by atoms with E-state index in [1.807, 2.05) is 0 Å². The lowest BCUT2D eigenvalue weighted by atomic mass is 9.79. The van der Waals surface area contributed by atoms with Gasteiger partial charge in [-0.05, 0) is 5.41 Å². The SMILES string of the molecule is CC(C)(C)/C(C(=O)O)=C(\C(=O)O)C(C(F)(F)F)C(F)(F)F. The molecule has 0 rings (SSSR count). The van der Waals surface area contributed by atoms with Crippen LogP contribution in [-0.4, -0.2) is 34.5 Å². The summed E-state index contributed by atoms with van der Waals surface area (Å²) in [7, 11) is 0. The highest BCUT2D eigenvalue weighted by Crippen LogP contribution is 2.46. The molecular weight excluding hydrogens is 310 g/mol. The van der Waals surface area contributed by atoms with Crippen molar-refractivity contribution in [3.8, 4) is 0 Å². The number of rotatable bonds is 3. The predicted molar refractivity (Wildman–Crippen MR) is 57.4 cm³/mol. The van der Waals surface area contributed by atoms with Gasteiger partial charge in [0.2, 0.25) is 0 Å². The van der Waals surface area contributed by atoms with E-state index in [1.54, 1.807) is 0 Å². The molecular formula is C11H12F6O4. The summed E-state index contributed by atoms with van der Waals surface area (Å²) in [6, 6.07) is 0. The Labute approximate surface area is 115 Å². The van der Waals surface area contributed by atoms with Gasteiger partial charge in [0, 0.05) is 0 Å². The molecule has 0 radical (unpaired) electrons. The van der Waals surface area contributed by atoms with E-state index < -0.39 is 46.8 Å². The molecule has 0 aliphatic heterocycles. The highest BCUT2D eigenvalue weighted by molar-refractivity contribution is 6.00. The minimum absolute atomic E-state index is 1.00. The fourth-order valence-corrected chi connectivity index (χ4v) is 1.73. The maximum absolute atomic E-state index is 12.6. The molecule has 0 heterocycles. The Morgan fingerprint density at radius 1 is 0.810 bits per heavy atom. The Hall–Kier alpha value is -1.74. The maximum Gasteiger partial charge on any atom is 0.404 e. The first kappa shape index (κ1) is 19.3. The van der Waals surface area contributed by atoms with Gasteiger partial charge in [0.1, 0.15) is 0 Å². The van der Waals surface area contributed by atoms with Crippen LogP contribution in [-0.2, 0) is 9.59 Å². The van der Waals surface area contributed by atoms with Crippen LogP contribution in [0.3, 0.4) is 0 Å². The summed E-state index contributed by atoms with van der Waals surface area (Å²) < 4.78 is 75.8. The van der Waals surface area contributed by atoms with E-state index in [4.69, 9.17) is 10.2 Å². The standard InChI is InChI=1S/C11H12F6O4/c1-9(2,3)5(8(20)21)4(7(18)19)6(10(12,13)14)11(15,16)17/h6H,1-3H3,(H,18,19)(H,20,21)/b5-4-. The zero-order valence-electron chi connectivity index (χ0n) is 11.1. The minimum Gasteiger partial charge on any atom is -0.478 e. The molecule has 0 saturated heterocycles. The highest BCUT2D eigenvalue weighted by Gasteiger charge is 2.61. The van der Waals surface area contributed by atoms with Gasteiger partial charge in [0.15, 0.2) is 5.92 Å². The normalized spacial score (nSPS) is 15.0. The van der Waals surface area contributed by atoms with Crippen molar-refractivity contribution in [1.29, 1.82) is 0 Å². The number of aliphatic carboxylic acids is 2. The van der Waals surface area contributed by atoms with Crippen LogP contribution in [0.1, 0.15) is 20.8 Å². The lowest BCUT2D eigenvalue weighted by molar-refractivity contribution is -0.272. The lowest BCUT2D eigenvalue weighted by Gasteiger charge is -2.28. The molecule has 2 N–H and O–H groups in total. The van der Waals surface area contributed by atoms with Crippen molar-refractivity contribution in [3.05, 3.63) is 11.1 Å². The van der Waals surface area contributed by atoms with Crippen LogP contribution in [0.4, 0.5) is 26.3 Å². The number of carboxylic acids is 2. The maximum atomic E-state index is 12.6. The van der Waals surface area contributed by atoms with Gasteiger partial charge in [0.25, 0.3) is 0 Å². The van der Waals surface area contributed by atoms with Gasteiger partial charge in [-0.25, -0.2) is 9.59 Å². The smallest absolute Gasteiger partial charge is 0.404 e. The third-order valence-electron chi connectivity index (χ3n) is 2.41. The predicted octanol–water partition coefficient (Wildman–Crippen LogP) is 3.24. The molecule has 122 valence electrons. The molecule has 0 amide bonds. The molecule has 0 aliphatic rings. The summed E-state index contributed by atoms with van der Waals surface area (Å²) >= 11 is 0. The largest absolute Gasteiger partial charge is 0.478 e. The molecule has 10 heteroatoms. The average molecular weight is 322 g/mol. The van der Waals surface area contributed by atoms with Crippen molar-refractivity contribution in [2.24, 2.45) is 11.3 Å². The van der Waals surface area contributed by atoms with Crippen molar-refractivity contribution in [2.75, 3.05) is 0 Å². The van der Waals surface area contributed by atoms with Crippen molar-refractivity contribution in [1.82, 2.24) is 0 Å². The topological polar surface area (TPSA) is 74.6 Å². The van der Waals surface area contributed by atoms with Crippen LogP contribution in [0.15, 0.2) is 11.1 Å². The Morgan fingerprint density at radius 3 is 1.29 bits per heavy atom. The molecule has 0 atom stereocenters. The van der Waals surface area contributed by atoms with Gasteiger partial charge < -0.3 is 10.2 Å². The Bertz CT molecular complexity index is 453. The van der Waals surface area contributed by atoms with E-state index in [-0.39, 0.29) is 0 Å². The van der Waals surface area contributed by atoms with Crippen molar-refractivity contribution in [3.63, 3.8) is 0 Å². The third-order valence-corrected chi connectivity index (χ3v) is 2.41. The number of hydrogen-bond donors (Lipinski definition) is 2. The Balaban J connectivity index is 6.71. The summed E-state index contributed by atoms with van der Waals surface area (Å²) in [5.74, 6) is -9.12. The van der Waals surface area contributed by atoms with Gasteiger partial charge in [-0.15, -0.1) is 0 Å². The molecule has 0 aromatic rings. The third kappa shape index (κ3) is 4.64. The van der Waals surface area contributed by atoms with Crippen LogP contribution in [0, 0.1) is 11.3 Å². The van der Waals surface area contributed by atoms with Gasteiger partial charge in [-0.2, -0.15) is 26.3 Å². The first-order valence-electron chi connectivity index (χ1n) is 5.36. The number of hydrogen-bond acceptors (Lipinski definition) is 2. The molecule has 0 fully saturated rings. The van der Waals surface area contributed by atoms with Crippen LogP contribution < -0.4 is 0 Å². The van der Waals surface area contributed by atoms with Gasteiger partial charge in [0.05, 0.1) is 11.1 Å². The molecule has 0 aliphatic carbocycles. The zero-order chi connectivity index (χ0) is 17.4. The van der Waals surface area contributed by atoms with E-state index in [1.165, 1.54) is 0 Å². The van der Waals surface area contributed by atoms with E-state index in [0.29, 0.717) is 0 Å². The molecule has 0 bridgehead atoms. The van der Waals surface area contributed by atoms with Crippen LogP contribution in [0.5, 0.6) is 0 Å². The fraction of sp³-hybridized carbons (Fsp3) is 0.636. The summed E-state index contributed by atoms with van der Waals surface area (Å²) in [6.07, 6.45) is -12.0. The fourth-order valence-electron chi connectivity index (χ4n) is 1.73. The van der Waals surface area contributed by atoms with Gasteiger partial charge in [-0.3, -0.25) is 0 Å². The summed E-state index contributed by atoms with van der Waals surface area (Å²) in [5.41, 5.74) is -5.42. The van der Waals surface area contributed by atoms with Gasteiger partial charge >= 0.3 is 24.3 Å². The number of alkyl halides is 6. The van der Waals surface area contributed by atoms with Crippen LogP contribution in [0.25, 0.3) is 0 Å². The summed E-state index contributed by atoms with van der Waals surface area (Å²) in [5, 5.41) is 17.6. The molecule has 0 aromatic heterocycles. The number of carbonyl (C=O) groups is 2. The van der Waals surface area contributed by atoms with Gasteiger partial charge in [-0.1, -0.05) is 20.8 Å². The summed E-state index contributed by atoms with van der Waals surface area (Å²) in [6.45, 7) is 3.01. The Morgan fingerprint density at radius 2 is 1.14 bits per heavy atom. The molecule has 21 heavy (non-hydrogen) atoms. The van der Waals surface area contributed by atoms with E-state index in [2.05, 4.69) is 0 Å². The Kier molecular flexibility index (Phi) is 5.11. The minimum atomic E-state index is -5.99. The van der Waals surface area contributed by atoms with Crippen LogP contribution in [0.2, 0.25) is 0 Å². The second-order valence-corrected chi connectivity index (χ2v) is 5.17. The molecule has 0 spiro atoms. The van der Waals surface area contributed by atoms with Crippen LogP contribution >= 0.6 is 0 Å². The molecule has 0 aromatic carbocycles. The molecule has 0 saturated carbocycles. The monoisotopic (exact) mass is 322 g/mol. The highest BCUT2D eigenvalue weighted by atomic mass is 19.4. The van der Waals surface area contributed by atoms with Crippen molar-refractivity contribution < 1.29 is 46.1 Å². The van der Waals surface area contributed by atoms with E-state index >= 15 is 0 Å². The second kappa shape index (κ2) is 5.57.